The molecule has 0 aromatic rings. The average molecular weight is 319 g/mol. The zero-order chi connectivity index (χ0) is 14.7. The van der Waals surface area contributed by atoms with Crippen LogP contribution in [0.1, 0.15) is 26.7 Å². The average Bonchev–Trinajstić information content (AvgIpc) is 2.37. The summed E-state index contributed by atoms with van der Waals surface area (Å²) in [5, 5.41) is 3.46. The Morgan fingerprint density at radius 2 is 1.81 bits per heavy atom. The van der Waals surface area contributed by atoms with Crippen LogP contribution in [0.2, 0.25) is 0 Å². The van der Waals surface area contributed by atoms with Crippen LogP contribution in [0.3, 0.4) is 0 Å². The summed E-state index contributed by atoms with van der Waals surface area (Å²) >= 11 is 0. The molecule has 3 atom stereocenters. The zero-order valence-corrected chi connectivity index (χ0v) is 13.7. The van der Waals surface area contributed by atoms with E-state index in [2.05, 4.69) is 24.1 Å². The molecule has 2 rings (SSSR count). The van der Waals surface area contributed by atoms with Gasteiger partial charge in [0.15, 0.2) is 0 Å². The minimum absolute atomic E-state index is 0. The summed E-state index contributed by atoms with van der Waals surface area (Å²) in [5.41, 5.74) is 5.35. The van der Waals surface area contributed by atoms with Crippen LogP contribution in [0.5, 0.6) is 0 Å². The van der Waals surface area contributed by atoms with Crippen molar-refractivity contribution in [1.82, 2.24) is 15.1 Å². The second-order valence-corrected chi connectivity index (χ2v) is 6.24. The molecular formula is C14H27ClN4O2. The molecule has 0 aromatic heterocycles. The van der Waals surface area contributed by atoms with Crippen LogP contribution < -0.4 is 11.1 Å². The molecule has 2 aliphatic heterocycles. The Morgan fingerprint density at radius 3 is 2.38 bits per heavy atom. The molecule has 2 heterocycles. The van der Waals surface area contributed by atoms with E-state index in [1.54, 1.807) is 4.90 Å². The Kier molecular flexibility index (Phi) is 6.90. The SMILES string of the molecule is CC1CN(CC(=O)N2CCCC(C(N)=O)C2)CC(C)N1.Cl. The highest BCUT2D eigenvalue weighted by atomic mass is 35.5. The van der Waals surface area contributed by atoms with Gasteiger partial charge in [-0.15, -0.1) is 12.4 Å². The number of likely N-dealkylation sites (tertiary alicyclic amines) is 1. The van der Waals surface area contributed by atoms with Crippen LogP contribution in [0.4, 0.5) is 0 Å². The molecule has 0 saturated carbocycles. The Labute approximate surface area is 132 Å². The first-order valence-electron chi connectivity index (χ1n) is 7.51. The van der Waals surface area contributed by atoms with E-state index < -0.39 is 0 Å². The second kappa shape index (κ2) is 7.96. The van der Waals surface area contributed by atoms with Crippen LogP contribution in [0.15, 0.2) is 0 Å². The molecule has 6 nitrogen and oxygen atoms in total. The topological polar surface area (TPSA) is 78.7 Å². The van der Waals surface area contributed by atoms with Gasteiger partial charge in [0.05, 0.1) is 12.5 Å². The van der Waals surface area contributed by atoms with Gasteiger partial charge >= 0.3 is 0 Å². The van der Waals surface area contributed by atoms with Crippen molar-refractivity contribution in [2.45, 2.75) is 38.8 Å². The van der Waals surface area contributed by atoms with Crippen molar-refractivity contribution in [3.63, 3.8) is 0 Å². The number of hydrogen-bond donors (Lipinski definition) is 2. The highest BCUT2D eigenvalue weighted by Crippen LogP contribution is 2.16. The number of piperazine rings is 1. The van der Waals surface area contributed by atoms with E-state index in [0.717, 1.165) is 32.5 Å². The summed E-state index contributed by atoms with van der Waals surface area (Å²) in [6.07, 6.45) is 1.68. The van der Waals surface area contributed by atoms with E-state index in [0.29, 0.717) is 25.2 Å². The molecular weight excluding hydrogens is 292 g/mol. The lowest BCUT2D eigenvalue weighted by Crippen LogP contribution is -2.57. The number of nitrogens with one attached hydrogen (secondary N) is 1. The molecule has 7 heteroatoms. The normalized spacial score (nSPS) is 30.6. The standard InChI is InChI=1S/C14H26N4O2.ClH/c1-10-6-17(7-11(2)16-10)9-13(19)18-5-3-4-12(8-18)14(15)20;/h10-12,16H,3-9H2,1-2H3,(H2,15,20);1H. The summed E-state index contributed by atoms with van der Waals surface area (Å²) in [6, 6.07) is 0.817. The predicted molar refractivity (Wildman–Crippen MR) is 84.2 cm³/mol. The van der Waals surface area contributed by atoms with Crippen LogP contribution in [0.25, 0.3) is 0 Å². The zero-order valence-electron chi connectivity index (χ0n) is 12.9. The van der Waals surface area contributed by atoms with E-state index in [1.165, 1.54) is 0 Å². The van der Waals surface area contributed by atoms with Gasteiger partial charge in [-0.05, 0) is 26.7 Å². The lowest BCUT2D eigenvalue weighted by molar-refractivity contribution is -0.136. The quantitative estimate of drug-likeness (QED) is 0.756. The number of hydrogen-bond acceptors (Lipinski definition) is 4. The number of carbonyl (C=O) groups excluding carboxylic acids is 2. The molecule has 2 amide bonds. The molecule has 21 heavy (non-hydrogen) atoms. The molecule has 0 aliphatic carbocycles. The van der Waals surface area contributed by atoms with E-state index in [9.17, 15) is 9.59 Å². The number of rotatable bonds is 3. The predicted octanol–water partition coefficient (Wildman–Crippen LogP) is -0.186. The number of carbonyl (C=O) groups is 2. The molecule has 2 saturated heterocycles. The molecule has 0 radical (unpaired) electrons. The molecule has 2 aliphatic rings. The molecule has 122 valence electrons. The van der Waals surface area contributed by atoms with Crippen molar-refractivity contribution >= 4 is 24.2 Å². The van der Waals surface area contributed by atoms with Gasteiger partial charge in [0.1, 0.15) is 0 Å². The third kappa shape index (κ3) is 5.13. The van der Waals surface area contributed by atoms with Gasteiger partial charge in [-0.2, -0.15) is 0 Å². The minimum Gasteiger partial charge on any atom is -0.369 e. The van der Waals surface area contributed by atoms with Crippen molar-refractivity contribution in [1.29, 1.82) is 0 Å². The number of nitrogens with two attached hydrogens (primary N) is 1. The fraction of sp³-hybridized carbons (Fsp3) is 0.857. The molecule has 2 fully saturated rings. The summed E-state index contributed by atoms with van der Waals surface area (Å²) in [4.78, 5) is 27.6. The highest BCUT2D eigenvalue weighted by Gasteiger charge is 2.29. The Morgan fingerprint density at radius 1 is 1.19 bits per heavy atom. The van der Waals surface area contributed by atoms with Crippen molar-refractivity contribution in [2.24, 2.45) is 11.7 Å². The van der Waals surface area contributed by atoms with Crippen LogP contribution in [0, 0.1) is 5.92 Å². The van der Waals surface area contributed by atoms with E-state index in [-0.39, 0.29) is 30.1 Å². The van der Waals surface area contributed by atoms with Crippen molar-refractivity contribution in [2.75, 3.05) is 32.7 Å². The maximum atomic E-state index is 12.4. The monoisotopic (exact) mass is 318 g/mol. The van der Waals surface area contributed by atoms with Gasteiger partial charge in [-0.3, -0.25) is 14.5 Å². The molecule has 3 N–H and O–H groups in total. The van der Waals surface area contributed by atoms with Crippen molar-refractivity contribution < 1.29 is 9.59 Å². The number of nitrogens with zero attached hydrogens (tertiary/aromatic N) is 2. The lowest BCUT2D eigenvalue weighted by Gasteiger charge is -2.38. The Balaban J connectivity index is 0.00000220. The van der Waals surface area contributed by atoms with E-state index in [1.807, 2.05) is 0 Å². The maximum Gasteiger partial charge on any atom is 0.236 e. The summed E-state index contributed by atoms with van der Waals surface area (Å²) < 4.78 is 0. The first-order valence-corrected chi connectivity index (χ1v) is 7.51. The van der Waals surface area contributed by atoms with Crippen molar-refractivity contribution in [3.05, 3.63) is 0 Å². The highest BCUT2D eigenvalue weighted by molar-refractivity contribution is 5.85. The molecule has 0 spiro atoms. The first-order chi connectivity index (χ1) is 9.45. The summed E-state index contributed by atoms with van der Waals surface area (Å²) in [6.45, 7) is 7.74. The van der Waals surface area contributed by atoms with Gasteiger partial charge < -0.3 is 16.0 Å². The van der Waals surface area contributed by atoms with Gasteiger partial charge in [-0.25, -0.2) is 0 Å². The van der Waals surface area contributed by atoms with Crippen molar-refractivity contribution in [3.8, 4) is 0 Å². The maximum absolute atomic E-state index is 12.4. The number of primary amides is 1. The van der Waals surface area contributed by atoms with Gasteiger partial charge in [0.2, 0.25) is 11.8 Å². The number of piperidine rings is 1. The van der Waals surface area contributed by atoms with Crippen LogP contribution >= 0.6 is 12.4 Å². The molecule has 3 unspecified atom stereocenters. The number of halogens is 1. The van der Waals surface area contributed by atoms with Crippen LogP contribution in [-0.2, 0) is 9.59 Å². The third-order valence-corrected chi connectivity index (χ3v) is 4.17. The number of amides is 2. The van der Waals surface area contributed by atoms with E-state index >= 15 is 0 Å². The van der Waals surface area contributed by atoms with E-state index in [4.69, 9.17) is 5.73 Å². The van der Waals surface area contributed by atoms with Crippen LogP contribution in [-0.4, -0.2) is 66.4 Å². The molecule has 0 bridgehead atoms. The Bertz CT molecular complexity index is 370. The third-order valence-electron chi connectivity index (χ3n) is 4.17. The summed E-state index contributed by atoms with van der Waals surface area (Å²) in [7, 11) is 0. The van der Waals surface area contributed by atoms with Gasteiger partial charge in [0.25, 0.3) is 0 Å². The minimum atomic E-state index is -0.285. The fourth-order valence-electron chi connectivity index (χ4n) is 3.30. The fourth-order valence-corrected chi connectivity index (χ4v) is 3.30. The molecule has 0 aromatic carbocycles. The smallest absolute Gasteiger partial charge is 0.236 e. The Hall–Kier alpha value is -0.850. The van der Waals surface area contributed by atoms with Gasteiger partial charge in [0, 0.05) is 38.3 Å². The second-order valence-electron chi connectivity index (χ2n) is 6.24. The first kappa shape index (κ1) is 18.2. The largest absolute Gasteiger partial charge is 0.369 e. The van der Waals surface area contributed by atoms with Gasteiger partial charge in [-0.1, -0.05) is 0 Å². The lowest BCUT2D eigenvalue weighted by atomic mass is 9.97. The summed E-state index contributed by atoms with van der Waals surface area (Å²) in [5.74, 6) is -0.335.